The zero-order valence-electron chi connectivity index (χ0n) is 18.2. The molecule has 0 bridgehead atoms. The lowest BCUT2D eigenvalue weighted by atomic mass is 9.82. The maximum Gasteiger partial charge on any atom is 0.416 e. The Morgan fingerprint density at radius 2 is 1.70 bits per heavy atom. The smallest absolute Gasteiger partial charge is 0.341 e. The lowest BCUT2D eigenvalue weighted by Gasteiger charge is -2.39. The number of piperidine rings is 1. The summed E-state index contributed by atoms with van der Waals surface area (Å²) in [5.74, 6) is -0.375. The van der Waals surface area contributed by atoms with Gasteiger partial charge in [-0.25, -0.2) is 0 Å². The zero-order valence-corrected chi connectivity index (χ0v) is 19.0. The van der Waals surface area contributed by atoms with Crippen molar-refractivity contribution in [1.29, 1.82) is 0 Å². The highest BCUT2D eigenvalue weighted by molar-refractivity contribution is 7.98. The number of carbonyl (C=O) groups is 1. The molecular weight excluding hydrogens is 445 g/mol. The number of hydrogen-bond donors (Lipinski definition) is 2. The van der Waals surface area contributed by atoms with Crippen LogP contribution in [0.15, 0.2) is 77.7 Å². The van der Waals surface area contributed by atoms with Gasteiger partial charge in [-0.3, -0.25) is 4.79 Å². The van der Waals surface area contributed by atoms with Crippen LogP contribution < -0.4 is 10.6 Å². The second-order valence-electron chi connectivity index (χ2n) is 8.15. The molecule has 0 saturated carbocycles. The van der Waals surface area contributed by atoms with Crippen LogP contribution in [0.2, 0.25) is 0 Å². The number of amides is 1. The Morgan fingerprint density at radius 1 is 1.03 bits per heavy atom. The number of alkyl halides is 3. The van der Waals surface area contributed by atoms with E-state index in [0.717, 1.165) is 48.8 Å². The predicted octanol–water partition coefficient (Wildman–Crippen LogP) is 6.10. The maximum atomic E-state index is 13.8. The van der Waals surface area contributed by atoms with Crippen molar-refractivity contribution >= 4 is 17.7 Å². The molecule has 3 aromatic carbocycles. The van der Waals surface area contributed by atoms with Crippen molar-refractivity contribution in [2.45, 2.75) is 29.5 Å². The summed E-state index contributed by atoms with van der Waals surface area (Å²) in [5.41, 5.74) is 0.688. The van der Waals surface area contributed by atoms with E-state index in [1.54, 1.807) is 36.6 Å². The Kier molecular flexibility index (Phi) is 6.81. The second kappa shape index (κ2) is 9.61. The number of rotatable bonds is 5. The number of nitrogens with one attached hydrogen (secondary N) is 2. The summed E-state index contributed by atoms with van der Waals surface area (Å²) in [6.07, 6.45) is -1.20. The van der Waals surface area contributed by atoms with Gasteiger partial charge in [0.1, 0.15) is 0 Å². The molecule has 0 aliphatic carbocycles. The van der Waals surface area contributed by atoms with Crippen LogP contribution in [0.1, 0.15) is 34.3 Å². The molecule has 7 heteroatoms. The topological polar surface area (TPSA) is 41.1 Å². The fraction of sp³-hybridized carbons (Fsp3) is 0.269. The van der Waals surface area contributed by atoms with Crippen LogP contribution in [0.25, 0.3) is 11.1 Å². The van der Waals surface area contributed by atoms with E-state index in [-0.39, 0.29) is 17.0 Å². The van der Waals surface area contributed by atoms with Gasteiger partial charge >= 0.3 is 6.18 Å². The molecule has 1 amide bonds. The number of benzene rings is 3. The standard InChI is InChI=1S/C26H25F3N2OS/c1-33-22-16-20(26(27,28)29)15-21(18-9-4-2-5-10-18)23(22)24(32)31-25(13-8-14-30-17-25)19-11-6-3-7-12-19/h2-7,9-12,15-16,30H,8,13-14,17H2,1H3,(H,31,32). The highest BCUT2D eigenvalue weighted by Gasteiger charge is 2.38. The summed E-state index contributed by atoms with van der Waals surface area (Å²) in [5, 5.41) is 6.58. The first kappa shape index (κ1) is 23.4. The summed E-state index contributed by atoms with van der Waals surface area (Å²) < 4.78 is 41.0. The van der Waals surface area contributed by atoms with Crippen molar-refractivity contribution in [2.24, 2.45) is 0 Å². The number of thioether (sulfide) groups is 1. The Labute approximate surface area is 195 Å². The van der Waals surface area contributed by atoms with Gasteiger partial charge in [0.25, 0.3) is 5.91 Å². The third kappa shape index (κ3) is 4.94. The molecule has 1 unspecified atom stereocenters. The molecule has 172 valence electrons. The van der Waals surface area contributed by atoms with Crippen molar-refractivity contribution in [3.05, 3.63) is 89.5 Å². The number of hydrogen-bond acceptors (Lipinski definition) is 3. The largest absolute Gasteiger partial charge is 0.416 e. The molecule has 3 aromatic rings. The van der Waals surface area contributed by atoms with E-state index in [4.69, 9.17) is 0 Å². The van der Waals surface area contributed by atoms with E-state index in [0.29, 0.717) is 17.0 Å². The summed E-state index contributed by atoms with van der Waals surface area (Å²) in [7, 11) is 0. The van der Waals surface area contributed by atoms with Crippen LogP contribution >= 0.6 is 11.8 Å². The quantitative estimate of drug-likeness (QED) is 0.443. The molecule has 4 rings (SSSR count). The molecule has 2 N–H and O–H groups in total. The normalized spacial score (nSPS) is 18.7. The molecule has 3 nitrogen and oxygen atoms in total. The second-order valence-corrected chi connectivity index (χ2v) is 9.00. The highest BCUT2D eigenvalue weighted by Crippen LogP contribution is 2.39. The van der Waals surface area contributed by atoms with E-state index >= 15 is 0 Å². The van der Waals surface area contributed by atoms with E-state index in [1.165, 1.54) is 0 Å². The van der Waals surface area contributed by atoms with Gasteiger partial charge < -0.3 is 10.6 Å². The van der Waals surface area contributed by atoms with Crippen LogP contribution in [-0.2, 0) is 11.7 Å². The molecular formula is C26H25F3N2OS. The first-order valence-electron chi connectivity index (χ1n) is 10.8. The minimum Gasteiger partial charge on any atom is -0.341 e. The zero-order chi connectivity index (χ0) is 23.5. The van der Waals surface area contributed by atoms with Crippen LogP contribution in [0.3, 0.4) is 0 Å². The van der Waals surface area contributed by atoms with E-state index in [2.05, 4.69) is 10.6 Å². The number of halogens is 3. The van der Waals surface area contributed by atoms with Crippen LogP contribution in [0.4, 0.5) is 13.2 Å². The van der Waals surface area contributed by atoms with Crippen molar-refractivity contribution in [2.75, 3.05) is 19.3 Å². The summed E-state index contributed by atoms with van der Waals surface area (Å²) >= 11 is 1.14. The number of carbonyl (C=O) groups excluding carboxylic acids is 1. The molecule has 1 atom stereocenters. The Bertz CT molecular complexity index is 1110. The molecule has 1 fully saturated rings. The predicted molar refractivity (Wildman–Crippen MR) is 126 cm³/mol. The molecule has 1 aliphatic rings. The van der Waals surface area contributed by atoms with Crippen molar-refractivity contribution in [3.63, 3.8) is 0 Å². The average Bonchev–Trinajstić information content (AvgIpc) is 2.84. The van der Waals surface area contributed by atoms with Gasteiger partial charge in [-0.05, 0) is 54.5 Å². The van der Waals surface area contributed by atoms with Crippen LogP contribution in [0, 0.1) is 0 Å². The third-order valence-corrected chi connectivity index (χ3v) is 6.79. The lowest BCUT2D eigenvalue weighted by Crippen LogP contribution is -2.55. The maximum absolute atomic E-state index is 13.8. The molecule has 1 aliphatic heterocycles. The van der Waals surface area contributed by atoms with Crippen molar-refractivity contribution in [1.82, 2.24) is 10.6 Å². The minimum absolute atomic E-state index is 0.266. The molecule has 0 radical (unpaired) electrons. The average molecular weight is 471 g/mol. The van der Waals surface area contributed by atoms with Gasteiger partial charge in [-0.1, -0.05) is 60.7 Å². The molecule has 1 saturated heterocycles. The summed E-state index contributed by atoms with van der Waals surface area (Å²) in [4.78, 5) is 14.1. The van der Waals surface area contributed by atoms with Gasteiger partial charge in [0, 0.05) is 11.4 Å². The van der Waals surface area contributed by atoms with Crippen molar-refractivity contribution in [3.8, 4) is 11.1 Å². The fourth-order valence-corrected chi connectivity index (χ4v) is 5.04. The summed E-state index contributed by atoms with van der Waals surface area (Å²) in [6.45, 7) is 1.41. The van der Waals surface area contributed by atoms with Gasteiger partial charge in [-0.15, -0.1) is 11.8 Å². The SMILES string of the molecule is CSc1cc(C(F)(F)F)cc(-c2ccccc2)c1C(=O)NC1(c2ccccc2)CCCNC1. The Balaban J connectivity index is 1.84. The van der Waals surface area contributed by atoms with Crippen LogP contribution in [-0.4, -0.2) is 25.3 Å². The Hall–Kier alpha value is -2.77. The van der Waals surface area contributed by atoms with E-state index in [1.807, 2.05) is 30.3 Å². The first-order valence-corrected chi connectivity index (χ1v) is 12.0. The van der Waals surface area contributed by atoms with Gasteiger partial charge in [0.05, 0.1) is 16.7 Å². The third-order valence-electron chi connectivity index (χ3n) is 6.02. The van der Waals surface area contributed by atoms with E-state index in [9.17, 15) is 18.0 Å². The van der Waals surface area contributed by atoms with Gasteiger partial charge in [-0.2, -0.15) is 13.2 Å². The van der Waals surface area contributed by atoms with Gasteiger partial charge in [0.2, 0.25) is 0 Å². The minimum atomic E-state index is -4.51. The van der Waals surface area contributed by atoms with Gasteiger partial charge in [0.15, 0.2) is 0 Å². The van der Waals surface area contributed by atoms with Crippen LogP contribution in [0.5, 0.6) is 0 Å². The molecule has 0 spiro atoms. The Morgan fingerprint density at radius 3 is 2.27 bits per heavy atom. The molecule has 33 heavy (non-hydrogen) atoms. The molecule has 1 heterocycles. The fourth-order valence-electron chi connectivity index (χ4n) is 4.39. The highest BCUT2D eigenvalue weighted by atomic mass is 32.2. The molecule has 0 aromatic heterocycles. The summed E-state index contributed by atoms with van der Waals surface area (Å²) in [6, 6.07) is 20.7. The van der Waals surface area contributed by atoms with Crippen molar-refractivity contribution < 1.29 is 18.0 Å². The van der Waals surface area contributed by atoms with E-state index < -0.39 is 17.3 Å². The first-order chi connectivity index (χ1) is 15.8. The lowest BCUT2D eigenvalue weighted by molar-refractivity contribution is -0.137. The monoisotopic (exact) mass is 470 g/mol.